The van der Waals surface area contributed by atoms with Gasteiger partial charge in [0.1, 0.15) is 18.4 Å². The van der Waals surface area contributed by atoms with E-state index in [0.717, 1.165) is 23.3 Å². The van der Waals surface area contributed by atoms with Crippen molar-refractivity contribution in [3.63, 3.8) is 0 Å². The van der Waals surface area contributed by atoms with Gasteiger partial charge in [-0.05, 0) is 25.0 Å². The number of allylic oxidation sites excluding steroid dienone is 1. The fraction of sp³-hybridized carbons (Fsp3) is 0.261. The Morgan fingerprint density at radius 2 is 1.94 bits per heavy atom. The Balaban J connectivity index is 1.75. The number of hydrogen-bond acceptors (Lipinski definition) is 6. The van der Waals surface area contributed by atoms with E-state index in [1.54, 1.807) is 16.4 Å². The molecule has 4 rings (SSSR count). The number of hydrogen-bond donors (Lipinski definition) is 2. The van der Waals surface area contributed by atoms with Gasteiger partial charge in [-0.2, -0.15) is 4.98 Å². The van der Waals surface area contributed by atoms with Crippen LogP contribution in [0.25, 0.3) is 0 Å². The topological polar surface area (TPSA) is 95.1 Å². The molecule has 2 aromatic carbocycles. The van der Waals surface area contributed by atoms with Crippen molar-refractivity contribution in [3.05, 3.63) is 77.0 Å². The van der Waals surface area contributed by atoms with Gasteiger partial charge in [0.05, 0.1) is 5.57 Å². The van der Waals surface area contributed by atoms with Gasteiger partial charge in [0.2, 0.25) is 17.0 Å². The third-order valence-electron chi connectivity index (χ3n) is 4.98. The third kappa shape index (κ3) is 4.44. The second-order valence-electron chi connectivity index (χ2n) is 7.25. The van der Waals surface area contributed by atoms with E-state index in [4.69, 9.17) is 10.5 Å². The first kappa shape index (κ1) is 21.0. The summed E-state index contributed by atoms with van der Waals surface area (Å²) in [6, 6.07) is 17.1. The number of rotatable bonds is 8. The Kier molecular flexibility index (Phi) is 6.27. The highest BCUT2D eigenvalue weighted by Crippen LogP contribution is 2.39. The number of thioether (sulfide) groups is 1. The lowest BCUT2D eigenvalue weighted by atomic mass is 9.94. The monoisotopic (exact) mass is 435 g/mol. The predicted molar refractivity (Wildman–Crippen MR) is 122 cm³/mol. The number of aromatic nitrogens is 3. The van der Waals surface area contributed by atoms with Gasteiger partial charge in [0.25, 0.3) is 0 Å². The highest BCUT2D eigenvalue weighted by Gasteiger charge is 2.35. The molecule has 0 saturated heterocycles. The number of benzene rings is 2. The van der Waals surface area contributed by atoms with E-state index < -0.39 is 11.9 Å². The number of ether oxygens (including phenoxy) is 1. The second-order valence-corrected chi connectivity index (χ2v) is 8.32. The highest BCUT2D eigenvalue weighted by atomic mass is 32.2. The molecule has 1 unspecified atom stereocenters. The average molecular weight is 436 g/mol. The van der Waals surface area contributed by atoms with Crippen LogP contribution in [0.4, 0.5) is 5.95 Å². The number of nitrogens with zero attached hydrogens (tertiary/aromatic N) is 3. The maximum absolute atomic E-state index is 12.4. The summed E-state index contributed by atoms with van der Waals surface area (Å²) < 4.78 is 7.90. The Bertz CT molecular complexity index is 1110. The molecule has 31 heavy (non-hydrogen) atoms. The summed E-state index contributed by atoms with van der Waals surface area (Å²) in [5.41, 5.74) is 8.78. The summed E-state index contributed by atoms with van der Waals surface area (Å²) >= 11 is 1.58. The standard InChI is InChI=1S/C23H25N5O2S/c1-3-13-31-23-26-22-25-15(2)19(21(24)29)20(28(22)27-23)17-11-7-8-12-18(17)30-14-16-9-5-4-6-10-16/h4-12,20H,3,13-14H2,1-2H3,(H2,24,29)(H,25,26,27). The van der Waals surface area contributed by atoms with Gasteiger partial charge in [0, 0.05) is 17.0 Å². The zero-order valence-electron chi connectivity index (χ0n) is 17.5. The van der Waals surface area contributed by atoms with Crippen LogP contribution < -0.4 is 15.8 Å². The molecule has 0 saturated carbocycles. The van der Waals surface area contributed by atoms with Gasteiger partial charge in [-0.3, -0.25) is 4.79 Å². The fourth-order valence-corrected chi connectivity index (χ4v) is 4.25. The van der Waals surface area contributed by atoms with E-state index in [1.165, 1.54) is 0 Å². The van der Waals surface area contributed by atoms with E-state index in [1.807, 2.05) is 61.5 Å². The average Bonchev–Trinajstić information content (AvgIpc) is 3.18. The summed E-state index contributed by atoms with van der Waals surface area (Å²) in [4.78, 5) is 17.1. The van der Waals surface area contributed by atoms with E-state index in [0.29, 0.717) is 34.7 Å². The van der Waals surface area contributed by atoms with Crippen LogP contribution in [0.2, 0.25) is 0 Å². The van der Waals surface area contributed by atoms with Crippen LogP contribution in [0, 0.1) is 0 Å². The summed E-state index contributed by atoms with van der Waals surface area (Å²) in [5.74, 6) is 1.68. The molecule has 0 bridgehead atoms. The predicted octanol–water partition coefficient (Wildman–Crippen LogP) is 4.13. The van der Waals surface area contributed by atoms with Crippen molar-refractivity contribution in [2.75, 3.05) is 11.1 Å². The van der Waals surface area contributed by atoms with Crippen molar-refractivity contribution < 1.29 is 9.53 Å². The number of para-hydroxylation sites is 1. The minimum absolute atomic E-state index is 0.416. The summed E-state index contributed by atoms with van der Waals surface area (Å²) in [6.45, 7) is 4.36. The van der Waals surface area contributed by atoms with Crippen LogP contribution in [0.1, 0.15) is 37.4 Å². The first-order valence-corrected chi connectivity index (χ1v) is 11.2. The quantitative estimate of drug-likeness (QED) is 0.517. The van der Waals surface area contributed by atoms with Gasteiger partial charge in [-0.25, -0.2) is 4.68 Å². The zero-order chi connectivity index (χ0) is 21.8. The van der Waals surface area contributed by atoms with Crippen molar-refractivity contribution in [2.24, 2.45) is 5.73 Å². The summed E-state index contributed by atoms with van der Waals surface area (Å²) in [5, 5.41) is 8.52. The summed E-state index contributed by atoms with van der Waals surface area (Å²) in [6.07, 6.45) is 1.02. The fourth-order valence-electron chi connectivity index (χ4n) is 3.57. The number of primary amides is 1. The molecular weight excluding hydrogens is 410 g/mol. The molecule has 7 nitrogen and oxygen atoms in total. The Labute approximate surface area is 185 Å². The van der Waals surface area contributed by atoms with Gasteiger partial charge in [0.15, 0.2) is 0 Å². The van der Waals surface area contributed by atoms with Crippen LogP contribution in [0.15, 0.2) is 71.0 Å². The number of carbonyl (C=O) groups is 1. The number of amides is 1. The van der Waals surface area contributed by atoms with E-state index in [9.17, 15) is 4.79 Å². The lowest BCUT2D eigenvalue weighted by molar-refractivity contribution is -0.115. The number of anilines is 1. The van der Waals surface area contributed by atoms with E-state index in [2.05, 4.69) is 22.3 Å². The number of carbonyl (C=O) groups excluding carboxylic acids is 1. The molecule has 0 radical (unpaired) electrons. The molecule has 1 aliphatic rings. The summed E-state index contributed by atoms with van der Waals surface area (Å²) in [7, 11) is 0. The highest BCUT2D eigenvalue weighted by molar-refractivity contribution is 7.99. The van der Waals surface area contributed by atoms with Crippen molar-refractivity contribution in [1.29, 1.82) is 0 Å². The molecule has 3 N–H and O–H groups in total. The van der Waals surface area contributed by atoms with Crippen LogP contribution in [-0.2, 0) is 11.4 Å². The van der Waals surface area contributed by atoms with Crippen LogP contribution in [-0.4, -0.2) is 26.4 Å². The molecular formula is C23H25N5O2S. The molecule has 8 heteroatoms. The van der Waals surface area contributed by atoms with Gasteiger partial charge in [-0.15, -0.1) is 5.10 Å². The number of fused-ring (bicyclic) bond motifs is 1. The van der Waals surface area contributed by atoms with Crippen molar-refractivity contribution >= 4 is 23.6 Å². The smallest absolute Gasteiger partial charge is 0.248 e. The lowest BCUT2D eigenvalue weighted by Gasteiger charge is -2.28. The number of nitrogens with one attached hydrogen (secondary N) is 1. The third-order valence-corrected chi connectivity index (χ3v) is 6.03. The first-order valence-electron chi connectivity index (χ1n) is 10.2. The molecule has 0 fully saturated rings. The van der Waals surface area contributed by atoms with Crippen molar-refractivity contribution in [2.45, 2.75) is 38.1 Å². The largest absolute Gasteiger partial charge is 0.489 e. The van der Waals surface area contributed by atoms with E-state index in [-0.39, 0.29) is 0 Å². The number of nitrogens with two attached hydrogens (primary N) is 1. The lowest BCUT2D eigenvalue weighted by Crippen LogP contribution is -2.32. The zero-order valence-corrected chi connectivity index (χ0v) is 18.4. The Morgan fingerprint density at radius 1 is 1.19 bits per heavy atom. The van der Waals surface area contributed by atoms with Gasteiger partial charge >= 0.3 is 0 Å². The minimum Gasteiger partial charge on any atom is -0.489 e. The molecule has 3 aromatic rings. The Morgan fingerprint density at radius 3 is 2.68 bits per heavy atom. The maximum Gasteiger partial charge on any atom is 0.248 e. The van der Waals surface area contributed by atoms with Gasteiger partial charge in [-0.1, -0.05) is 67.2 Å². The van der Waals surface area contributed by atoms with Crippen LogP contribution >= 0.6 is 11.8 Å². The van der Waals surface area contributed by atoms with Crippen molar-refractivity contribution in [3.8, 4) is 5.75 Å². The molecule has 1 atom stereocenters. The molecule has 1 aromatic heterocycles. The van der Waals surface area contributed by atoms with Crippen LogP contribution in [0.5, 0.6) is 5.75 Å². The normalized spacial score (nSPS) is 15.4. The minimum atomic E-state index is -0.524. The van der Waals surface area contributed by atoms with Crippen molar-refractivity contribution in [1.82, 2.24) is 14.8 Å². The maximum atomic E-state index is 12.4. The van der Waals surface area contributed by atoms with Crippen LogP contribution in [0.3, 0.4) is 0 Å². The molecule has 2 heterocycles. The Hall–Kier alpha value is -3.26. The molecule has 0 aliphatic carbocycles. The molecule has 160 valence electrons. The molecule has 0 spiro atoms. The first-order chi connectivity index (χ1) is 15.1. The molecule has 1 amide bonds. The second kappa shape index (κ2) is 9.26. The van der Waals surface area contributed by atoms with E-state index >= 15 is 0 Å². The molecule has 1 aliphatic heterocycles. The SMILES string of the molecule is CCCSc1nc2n(n1)C(c1ccccc1OCc1ccccc1)C(C(N)=O)=C(C)N2. The van der Waals surface area contributed by atoms with Gasteiger partial charge < -0.3 is 15.8 Å².